The lowest BCUT2D eigenvalue weighted by atomic mass is 10.1. The van der Waals surface area contributed by atoms with Crippen LogP contribution in [0.4, 0.5) is 0 Å². The molecule has 0 fully saturated rings. The number of nitrogens with one attached hydrogen (secondary N) is 1. The SMILES string of the molecule is COC(=O)C(C)CSCc1cc2ccccc2c(=O)[nH]1. The summed E-state index contributed by atoms with van der Waals surface area (Å²) in [6.45, 7) is 1.84. The van der Waals surface area contributed by atoms with Gasteiger partial charge in [0.2, 0.25) is 0 Å². The first kappa shape index (κ1) is 14.7. The van der Waals surface area contributed by atoms with Crippen molar-refractivity contribution in [1.29, 1.82) is 0 Å². The minimum atomic E-state index is -0.204. The third-order valence-electron chi connectivity index (χ3n) is 3.04. The monoisotopic (exact) mass is 291 g/mol. The summed E-state index contributed by atoms with van der Waals surface area (Å²) in [4.78, 5) is 26.1. The van der Waals surface area contributed by atoms with Crippen LogP contribution in [0.15, 0.2) is 35.1 Å². The number of fused-ring (bicyclic) bond motifs is 1. The molecular weight excluding hydrogens is 274 g/mol. The molecule has 1 N–H and O–H groups in total. The molecule has 0 bridgehead atoms. The number of rotatable bonds is 5. The molecule has 0 radical (unpaired) electrons. The molecule has 0 saturated heterocycles. The highest BCUT2D eigenvalue weighted by atomic mass is 32.2. The van der Waals surface area contributed by atoms with Gasteiger partial charge >= 0.3 is 5.97 Å². The summed E-state index contributed by atoms with van der Waals surface area (Å²) in [5, 5.41) is 1.64. The quantitative estimate of drug-likeness (QED) is 0.860. The van der Waals surface area contributed by atoms with Gasteiger partial charge in [-0.15, -0.1) is 0 Å². The number of methoxy groups -OCH3 is 1. The molecule has 106 valence electrons. The van der Waals surface area contributed by atoms with Crippen molar-refractivity contribution in [3.8, 4) is 0 Å². The summed E-state index contributed by atoms with van der Waals surface area (Å²) in [7, 11) is 1.39. The molecule has 1 heterocycles. The Kier molecular flexibility index (Phi) is 4.84. The summed E-state index contributed by atoms with van der Waals surface area (Å²) in [6.07, 6.45) is 0. The topological polar surface area (TPSA) is 59.2 Å². The van der Waals surface area contributed by atoms with Gasteiger partial charge in [-0.3, -0.25) is 9.59 Å². The molecule has 4 nitrogen and oxygen atoms in total. The van der Waals surface area contributed by atoms with Gasteiger partial charge in [0.05, 0.1) is 13.0 Å². The van der Waals surface area contributed by atoms with Gasteiger partial charge in [0.1, 0.15) is 0 Å². The van der Waals surface area contributed by atoms with Crippen molar-refractivity contribution in [3.05, 3.63) is 46.4 Å². The number of thioether (sulfide) groups is 1. The molecular formula is C15H17NO3S. The van der Waals surface area contributed by atoms with Crippen LogP contribution in [0.2, 0.25) is 0 Å². The third-order valence-corrected chi connectivity index (χ3v) is 4.29. The molecule has 0 amide bonds. The summed E-state index contributed by atoms with van der Waals surface area (Å²) in [5.74, 6) is 0.991. The number of esters is 1. The van der Waals surface area contributed by atoms with Crippen LogP contribution in [-0.4, -0.2) is 23.8 Å². The zero-order chi connectivity index (χ0) is 14.5. The van der Waals surface area contributed by atoms with E-state index < -0.39 is 0 Å². The highest BCUT2D eigenvalue weighted by molar-refractivity contribution is 7.98. The predicted octanol–water partition coefficient (Wildman–Crippen LogP) is 2.57. The number of pyridine rings is 1. The first-order valence-corrected chi connectivity index (χ1v) is 7.54. The standard InChI is InChI=1S/C15H17NO3S/c1-10(15(18)19-2)8-20-9-12-7-11-5-3-4-6-13(11)14(17)16-12/h3-7,10H,8-9H2,1-2H3,(H,16,17). The van der Waals surface area contributed by atoms with E-state index in [4.69, 9.17) is 0 Å². The highest BCUT2D eigenvalue weighted by Crippen LogP contribution is 2.17. The van der Waals surface area contributed by atoms with Crippen LogP contribution >= 0.6 is 11.8 Å². The van der Waals surface area contributed by atoms with E-state index in [0.29, 0.717) is 16.9 Å². The van der Waals surface area contributed by atoms with E-state index in [9.17, 15) is 9.59 Å². The average molecular weight is 291 g/mol. The number of carbonyl (C=O) groups excluding carboxylic acids is 1. The molecule has 0 spiro atoms. The lowest BCUT2D eigenvalue weighted by Gasteiger charge is -2.08. The van der Waals surface area contributed by atoms with Gasteiger partial charge in [-0.2, -0.15) is 11.8 Å². The number of ether oxygens (including phenoxy) is 1. The van der Waals surface area contributed by atoms with Crippen molar-refractivity contribution in [3.63, 3.8) is 0 Å². The maximum Gasteiger partial charge on any atom is 0.309 e. The van der Waals surface area contributed by atoms with Crippen LogP contribution in [0, 0.1) is 5.92 Å². The number of H-pyrrole nitrogens is 1. The van der Waals surface area contributed by atoms with Gasteiger partial charge < -0.3 is 9.72 Å². The third kappa shape index (κ3) is 3.42. The van der Waals surface area contributed by atoms with Crippen molar-refractivity contribution < 1.29 is 9.53 Å². The molecule has 1 unspecified atom stereocenters. The molecule has 2 rings (SSSR count). The zero-order valence-corrected chi connectivity index (χ0v) is 12.3. The Morgan fingerprint density at radius 3 is 2.90 bits per heavy atom. The van der Waals surface area contributed by atoms with Crippen molar-refractivity contribution in [2.24, 2.45) is 5.92 Å². The van der Waals surface area contributed by atoms with Gasteiger partial charge in [-0.05, 0) is 17.5 Å². The molecule has 0 aliphatic heterocycles. The van der Waals surface area contributed by atoms with Crippen LogP contribution in [0.3, 0.4) is 0 Å². The lowest BCUT2D eigenvalue weighted by molar-refractivity contribution is -0.143. The second kappa shape index (κ2) is 6.61. The highest BCUT2D eigenvalue weighted by Gasteiger charge is 2.12. The number of carbonyl (C=O) groups is 1. The second-order valence-corrected chi connectivity index (χ2v) is 5.68. The Bertz CT molecular complexity index is 665. The minimum Gasteiger partial charge on any atom is -0.469 e. The smallest absolute Gasteiger partial charge is 0.309 e. The van der Waals surface area contributed by atoms with Crippen LogP contribution in [0.1, 0.15) is 12.6 Å². The predicted molar refractivity (Wildman–Crippen MR) is 81.9 cm³/mol. The molecule has 0 aliphatic rings. The first-order chi connectivity index (χ1) is 9.61. The first-order valence-electron chi connectivity index (χ1n) is 6.38. The van der Waals surface area contributed by atoms with E-state index in [-0.39, 0.29) is 17.4 Å². The summed E-state index contributed by atoms with van der Waals surface area (Å²) in [6, 6.07) is 9.48. The molecule has 20 heavy (non-hydrogen) atoms. The van der Waals surface area contributed by atoms with E-state index >= 15 is 0 Å². The van der Waals surface area contributed by atoms with Gasteiger partial charge in [-0.25, -0.2) is 0 Å². The Labute approximate surface area is 121 Å². The zero-order valence-electron chi connectivity index (χ0n) is 11.5. The van der Waals surface area contributed by atoms with Crippen LogP contribution in [0.5, 0.6) is 0 Å². The van der Waals surface area contributed by atoms with Crippen molar-refractivity contribution in [2.75, 3.05) is 12.9 Å². The van der Waals surface area contributed by atoms with Gasteiger partial charge in [0.25, 0.3) is 5.56 Å². The fourth-order valence-corrected chi connectivity index (χ4v) is 2.94. The lowest BCUT2D eigenvalue weighted by Crippen LogP contribution is -2.15. The van der Waals surface area contributed by atoms with Gasteiger partial charge in [0.15, 0.2) is 0 Å². The molecule has 1 atom stereocenters. The van der Waals surface area contributed by atoms with Crippen molar-refractivity contribution in [2.45, 2.75) is 12.7 Å². The molecule has 1 aromatic carbocycles. The Hall–Kier alpha value is -1.75. The normalized spacial score (nSPS) is 12.3. The molecule has 0 saturated carbocycles. The largest absolute Gasteiger partial charge is 0.469 e. The minimum absolute atomic E-state index is 0.0697. The number of hydrogen-bond donors (Lipinski definition) is 1. The van der Waals surface area contributed by atoms with Crippen LogP contribution in [0.25, 0.3) is 10.8 Å². The Morgan fingerprint density at radius 1 is 1.40 bits per heavy atom. The fourth-order valence-electron chi connectivity index (χ4n) is 1.96. The number of hydrogen-bond acceptors (Lipinski definition) is 4. The van der Waals surface area contributed by atoms with Gasteiger partial charge in [-0.1, -0.05) is 25.1 Å². The van der Waals surface area contributed by atoms with E-state index in [2.05, 4.69) is 9.72 Å². The molecule has 5 heteroatoms. The number of benzene rings is 1. The van der Waals surface area contributed by atoms with Crippen LogP contribution < -0.4 is 5.56 Å². The van der Waals surface area contributed by atoms with Gasteiger partial charge in [0, 0.05) is 22.6 Å². The molecule has 1 aromatic heterocycles. The molecule has 0 aliphatic carbocycles. The summed E-state index contributed by atoms with van der Waals surface area (Å²) in [5.41, 5.74) is 0.801. The Morgan fingerprint density at radius 2 is 2.15 bits per heavy atom. The maximum atomic E-state index is 11.9. The summed E-state index contributed by atoms with van der Waals surface area (Å²) >= 11 is 1.60. The molecule has 2 aromatic rings. The fraction of sp³-hybridized carbons (Fsp3) is 0.333. The van der Waals surface area contributed by atoms with E-state index in [1.807, 2.05) is 37.3 Å². The van der Waals surface area contributed by atoms with E-state index in [1.165, 1.54) is 7.11 Å². The van der Waals surface area contributed by atoms with Crippen LogP contribution in [-0.2, 0) is 15.3 Å². The van der Waals surface area contributed by atoms with Crippen molar-refractivity contribution in [1.82, 2.24) is 4.98 Å². The summed E-state index contributed by atoms with van der Waals surface area (Å²) < 4.78 is 4.68. The number of aromatic nitrogens is 1. The Balaban J connectivity index is 2.04. The van der Waals surface area contributed by atoms with E-state index in [0.717, 1.165) is 11.1 Å². The average Bonchev–Trinajstić information content (AvgIpc) is 2.46. The van der Waals surface area contributed by atoms with Crippen molar-refractivity contribution >= 4 is 28.5 Å². The number of aromatic amines is 1. The second-order valence-electron chi connectivity index (χ2n) is 4.65. The maximum absolute atomic E-state index is 11.9. The van der Waals surface area contributed by atoms with E-state index in [1.54, 1.807) is 11.8 Å².